The van der Waals surface area contributed by atoms with E-state index in [2.05, 4.69) is 15.6 Å². The number of urea groups is 1. The number of nitrogens with zero attached hydrogens (tertiary/aromatic N) is 1. The minimum absolute atomic E-state index is 0.0578. The molecule has 0 spiro atoms. The lowest BCUT2D eigenvalue weighted by molar-refractivity contribution is 0.234. The van der Waals surface area contributed by atoms with Gasteiger partial charge in [0.2, 0.25) is 0 Å². The van der Waals surface area contributed by atoms with Gasteiger partial charge in [0, 0.05) is 12.2 Å². The lowest BCUT2D eigenvalue weighted by atomic mass is 10.2. The highest BCUT2D eigenvalue weighted by molar-refractivity contribution is 5.74. The van der Waals surface area contributed by atoms with E-state index in [1.807, 2.05) is 25.1 Å². The Kier molecular flexibility index (Phi) is 3.96. The molecule has 0 saturated heterocycles. The average molecular weight is 233 g/mol. The molecule has 1 atom stereocenters. The van der Waals surface area contributed by atoms with Crippen molar-refractivity contribution in [3.8, 4) is 0 Å². The van der Waals surface area contributed by atoms with E-state index >= 15 is 0 Å². The predicted octanol–water partition coefficient (Wildman–Crippen LogP) is 2.38. The lowest BCUT2D eigenvalue weighted by Gasteiger charge is -2.17. The molecular weight excluding hydrogens is 214 g/mol. The third kappa shape index (κ3) is 3.44. The summed E-state index contributed by atoms with van der Waals surface area (Å²) in [6, 6.07) is 5.92. The normalized spacial score (nSPS) is 17.7. The molecule has 1 aliphatic rings. The van der Waals surface area contributed by atoms with Crippen LogP contribution in [0.25, 0.3) is 0 Å². The zero-order chi connectivity index (χ0) is 12.1. The van der Waals surface area contributed by atoms with E-state index in [0.29, 0.717) is 6.04 Å². The summed E-state index contributed by atoms with van der Waals surface area (Å²) < 4.78 is 0. The van der Waals surface area contributed by atoms with Gasteiger partial charge in [0.1, 0.15) is 0 Å². The molecule has 0 aliphatic heterocycles. The second-order valence-electron chi connectivity index (χ2n) is 4.58. The largest absolute Gasteiger partial charge is 0.335 e. The van der Waals surface area contributed by atoms with E-state index in [9.17, 15) is 4.79 Å². The summed E-state index contributed by atoms with van der Waals surface area (Å²) in [6.45, 7) is 1.94. The summed E-state index contributed by atoms with van der Waals surface area (Å²) in [5, 5.41) is 5.91. The van der Waals surface area contributed by atoms with Crippen LogP contribution in [0.2, 0.25) is 0 Å². The number of rotatable bonds is 3. The number of hydrogen-bond donors (Lipinski definition) is 2. The molecule has 1 unspecified atom stereocenters. The highest BCUT2D eigenvalue weighted by atomic mass is 16.2. The summed E-state index contributed by atoms with van der Waals surface area (Å²) in [5.74, 6) is 0. The van der Waals surface area contributed by atoms with Gasteiger partial charge in [0.05, 0.1) is 11.7 Å². The molecule has 1 fully saturated rings. The predicted molar refractivity (Wildman–Crippen MR) is 66.6 cm³/mol. The topological polar surface area (TPSA) is 54.0 Å². The fraction of sp³-hybridized carbons (Fsp3) is 0.538. The quantitative estimate of drug-likeness (QED) is 0.842. The first kappa shape index (κ1) is 11.9. The Bertz CT molecular complexity index is 360. The Morgan fingerprint density at radius 3 is 2.82 bits per heavy atom. The van der Waals surface area contributed by atoms with Crippen molar-refractivity contribution in [1.82, 2.24) is 15.6 Å². The van der Waals surface area contributed by atoms with Gasteiger partial charge in [0.25, 0.3) is 0 Å². The molecule has 2 N–H and O–H groups in total. The van der Waals surface area contributed by atoms with Gasteiger partial charge in [-0.05, 0) is 31.9 Å². The molecule has 1 heterocycles. The first-order chi connectivity index (χ1) is 8.25. The van der Waals surface area contributed by atoms with Gasteiger partial charge in [0.15, 0.2) is 0 Å². The number of carbonyl (C=O) groups is 1. The summed E-state index contributed by atoms with van der Waals surface area (Å²) in [6.07, 6.45) is 6.39. The average Bonchev–Trinajstić information content (AvgIpc) is 2.82. The van der Waals surface area contributed by atoms with Crippen molar-refractivity contribution in [2.45, 2.75) is 44.7 Å². The second kappa shape index (κ2) is 5.66. The van der Waals surface area contributed by atoms with E-state index in [1.165, 1.54) is 12.8 Å². The molecule has 1 saturated carbocycles. The number of nitrogens with one attached hydrogen (secondary N) is 2. The molecule has 2 rings (SSSR count). The molecule has 2 amide bonds. The maximum absolute atomic E-state index is 11.7. The molecule has 0 bridgehead atoms. The maximum atomic E-state index is 11.7. The minimum atomic E-state index is -0.0879. The van der Waals surface area contributed by atoms with Gasteiger partial charge in [-0.1, -0.05) is 18.9 Å². The second-order valence-corrected chi connectivity index (χ2v) is 4.58. The van der Waals surface area contributed by atoms with Crippen molar-refractivity contribution in [3.05, 3.63) is 30.1 Å². The Hall–Kier alpha value is -1.58. The monoisotopic (exact) mass is 233 g/mol. The molecule has 1 aliphatic carbocycles. The van der Waals surface area contributed by atoms with Gasteiger partial charge < -0.3 is 10.6 Å². The SMILES string of the molecule is CC(NC(=O)NC1CCCC1)c1ccccn1. The van der Waals surface area contributed by atoms with Crippen LogP contribution in [0.15, 0.2) is 24.4 Å². The van der Waals surface area contributed by atoms with Crippen molar-refractivity contribution in [2.24, 2.45) is 0 Å². The number of hydrogen-bond acceptors (Lipinski definition) is 2. The van der Waals surface area contributed by atoms with Crippen LogP contribution in [0, 0.1) is 0 Å². The molecule has 1 aromatic heterocycles. The number of aromatic nitrogens is 1. The van der Waals surface area contributed by atoms with Crippen molar-refractivity contribution < 1.29 is 4.79 Å². The molecule has 0 radical (unpaired) electrons. The Morgan fingerprint density at radius 1 is 1.41 bits per heavy atom. The molecule has 0 aromatic carbocycles. The lowest BCUT2D eigenvalue weighted by Crippen LogP contribution is -2.42. The number of pyridine rings is 1. The third-order valence-corrected chi connectivity index (χ3v) is 3.17. The van der Waals surface area contributed by atoms with Crippen molar-refractivity contribution >= 4 is 6.03 Å². The zero-order valence-electron chi connectivity index (χ0n) is 10.1. The molecule has 1 aromatic rings. The zero-order valence-corrected chi connectivity index (χ0v) is 10.1. The van der Waals surface area contributed by atoms with Gasteiger partial charge in [-0.2, -0.15) is 0 Å². The van der Waals surface area contributed by atoms with Crippen LogP contribution in [0.4, 0.5) is 4.79 Å². The van der Waals surface area contributed by atoms with Gasteiger partial charge >= 0.3 is 6.03 Å². The molecule has 92 valence electrons. The first-order valence-electron chi connectivity index (χ1n) is 6.23. The standard InChI is InChI=1S/C13H19N3O/c1-10(12-8-4-5-9-14-12)15-13(17)16-11-6-2-3-7-11/h4-5,8-11H,2-3,6-7H2,1H3,(H2,15,16,17). The van der Waals surface area contributed by atoms with Crippen molar-refractivity contribution in [1.29, 1.82) is 0 Å². The number of carbonyl (C=O) groups excluding carboxylic acids is 1. The van der Waals surface area contributed by atoms with E-state index < -0.39 is 0 Å². The molecule has 17 heavy (non-hydrogen) atoms. The summed E-state index contributed by atoms with van der Waals surface area (Å²) in [7, 11) is 0. The Balaban J connectivity index is 1.81. The third-order valence-electron chi connectivity index (χ3n) is 3.17. The fourth-order valence-corrected chi connectivity index (χ4v) is 2.20. The highest BCUT2D eigenvalue weighted by Gasteiger charge is 2.18. The van der Waals surface area contributed by atoms with Crippen LogP contribution < -0.4 is 10.6 Å². The van der Waals surface area contributed by atoms with Crippen LogP contribution in [-0.4, -0.2) is 17.1 Å². The molecule has 4 heteroatoms. The van der Waals surface area contributed by atoms with Crippen LogP contribution in [0.1, 0.15) is 44.3 Å². The summed E-state index contributed by atoms with van der Waals surface area (Å²) >= 11 is 0. The Morgan fingerprint density at radius 2 is 2.18 bits per heavy atom. The van der Waals surface area contributed by atoms with Crippen LogP contribution in [0.3, 0.4) is 0 Å². The summed E-state index contributed by atoms with van der Waals surface area (Å²) in [4.78, 5) is 16.0. The fourth-order valence-electron chi connectivity index (χ4n) is 2.20. The van der Waals surface area contributed by atoms with E-state index in [0.717, 1.165) is 18.5 Å². The van der Waals surface area contributed by atoms with Crippen LogP contribution in [0.5, 0.6) is 0 Å². The summed E-state index contributed by atoms with van der Waals surface area (Å²) in [5.41, 5.74) is 0.883. The van der Waals surface area contributed by atoms with Crippen molar-refractivity contribution in [3.63, 3.8) is 0 Å². The number of amides is 2. The van der Waals surface area contributed by atoms with Gasteiger partial charge in [-0.3, -0.25) is 4.98 Å². The smallest absolute Gasteiger partial charge is 0.315 e. The molecular formula is C13H19N3O. The van der Waals surface area contributed by atoms with E-state index in [1.54, 1.807) is 6.20 Å². The van der Waals surface area contributed by atoms with E-state index in [-0.39, 0.29) is 12.1 Å². The Labute approximate surface area is 102 Å². The van der Waals surface area contributed by atoms with Gasteiger partial charge in [-0.25, -0.2) is 4.79 Å². The van der Waals surface area contributed by atoms with E-state index in [4.69, 9.17) is 0 Å². The van der Waals surface area contributed by atoms with Crippen LogP contribution in [-0.2, 0) is 0 Å². The van der Waals surface area contributed by atoms with Gasteiger partial charge in [-0.15, -0.1) is 0 Å². The van der Waals surface area contributed by atoms with Crippen LogP contribution >= 0.6 is 0 Å². The van der Waals surface area contributed by atoms with Crippen molar-refractivity contribution in [2.75, 3.05) is 0 Å². The minimum Gasteiger partial charge on any atom is -0.335 e. The maximum Gasteiger partial charge on any atom is 0.315 e. The first-order valence-corrected chi connectivity index (χ1v) is 6.23. The highest BCUT2D eigenvalue weighted by Crippen LogP contribution is 2.17. The molecule has 4 nitrogen and oxygen atoms in total.